The predicted octanol–water partition coefficient (Wildman–Crippen LogP) is 3.06. The molecule has 0 radical (unpaired) electrons. The van der Waals surface area contributed by atoms with Gasteiger partial charge in [-0.25, -0.2) is 0 Å². The zero-order valence-electron chi connectivity index (χ0n) is 12.5. The predicted molar refractivity (Wildman–Crippen MR) is 79.6 cm³/mol. The molecule has 1 aromatic heterocycles. The van der Waals surface area contributed by atoms with E-state index in [-0.39, 0.29) is 6.61 Å². The number of aliphatic hydroxyl groups is 1. The van der Waals surface area contributed by atoms with Crippen LogP contribution in [-0.4, -0.2) is 26.5 Å². The van der Waals surface area contributed by atoms with Gasteiger partial charge >= 0.3 is 0 Å². The zero-order valence-corrected chi connectivity index (χ0v) is 12.5. The molecule has 2 bridgehead atoms. The summed E-state index contributed by atoms with van der Waals surface area (Å²) < 4.78 is 1.73. The van der Waals surface area contributed by atoms with E-state index in [1.165, 1.54) is 12.8 Å². The fraction of sp³-hybridized carbons (Fsp3) is 0.765. The maximum Gasteiger partial charge on any atom is 0.197 e. The lowest BCUT2D eigenvalue weighted by Gasteiger charge is -2.30. The van der Waals surface area contributed by atoms with Gasteiger partial charge in [0.25, 0.3) is 0 Å². The van der Waals surface area contributed by atoms with Gasteiger partial charge in [-0.1, -0.05) is 12.8 Å². The van der Waals surface area contributed by atoms with Gasteiger partial charge in [0.05, 0.1) is 0 Å². The van der Waals surface area contributed by atoms with E-state index in [2.05, 4.69) is 0 Å². The van der Waals surface area contributed by atoms with Crippen LogP contribution in [0.2, 0.25) is 0 Å². The van der Waals surface area contributed by atoms with Crippen LogP contribution < -0.4 is 0 Å². The summed E-state index contributed by atoms with van der Waals surface area (Å²) in [5, 5.41) is 30.7. The molecule has 4 nitrogen and oxygen atoms in total. The molecule has 0 unspecified atom stereocenters. The number of fused-ring (bicyclic) bond motifs is 5. The van der Waals surface area contributed by atoms with Gasteiger partial charge in [0, 0.05) is 24.3 Å². The van der Waals surface area contributed by atoms with Crippen molar-refractivity contribution in [2.75, 3.05) is 6.61 Å². The van der Waals surface area contributed by atoms with Crippen molar-refractivity contribution in [2.45, 2.75) is 63.3 Å². The van der Waals surface area contributed by atoms with E-state index in [1.807, 2.05) is 0 Å². The first-order chi connectivity index (χ1) is 10.2. The minimum Gasteiger partial charge on any atom is -0.494 e. The first-order valence-corrected chi connectivity index (χ1v) is 8.45. The summed E-state index contributed by atoms with van der Waals surface area (Å²) in [6.07, 6.45) is 7.93. The molecule has 116 valence electrons. The molecule has 3 N–H and O–H groups in total. The van der Waals surface area contributed by atoms with Crippen molar-refractivity contribution < 1.29 is 15.3 Å². The molecule has 3 aliphatic carbocycles. The quantitative estimate of drug-likeness (QED) is 0.802. The molecule has 2 fully saturated rings. The molecular formula is C17H25NO3. The van der Waals surface area contributed by atoms with Crippen LogP contribution in [0.1, 0.15) is 67.9 Å². The molecule has 0 aromatic carbocycles. The Kier molecular flexibility index (Phi) is 3.18. The van der Waals surface area contributed by atoms with Crippen LogP contribution in [0.4, 0.5) is 0 Å². The van der Waals surface area contributed by atoms with Crippen molar-refractivity contribution in [1.29, 1.82) is 0 Å². The van der Waals surface area contributed by atoms with Crippen LogP contribution >= 0.6 is 0 Å². The molecule has 21 heavy (non-hydrogen) atoms. The second-order valence-corrected chi connectivity index (χ2v) is 7.28. The summed E-state index contributed by atoms with van der Waals surface area (Å²) in [6.45, 7) is 0.869. The Labute approximate surface area is 125 Å². The lowest BCUT2D eigenvalue weighted by molar-refractivity contribution is 0.119. The first-order valence-electron chi connectivity index (χ1n) is 8.45. The van der Waals surface area contributed by atoms with Crippen LogP contribution in [0, 0.1) is 11.8 Å². The van der Waals surface area contributed by atoms with Crippen LogP contribution in [0.5, 0.6) is 11.8 Å². The molecule has 1 aromatic rings. The molecule has 0 spiro atoms. The largest absolute Gasteiger partial charge is 0.494 e. The smallest absolute Gasteiger partial charge is 0.197 e. The van der Waals surface area contributed by atoms with E-state index >= 15 is 0 Å². The summed E-state index contributed by atoms with van der Waals surface area (Å²) in [4.78, 5) is 0. The number of aromatic nitrogens is 1. The minimum absolute atomic E-state index is 0.221. The maximum atomic E-state index is 10.6. The number of hydrogen-bond donors (Lipinski definition) is 3. The average molecular weight is 291 g/mol. The Morgan fingerprint density at radius 2 is 1.43 bits per heavy atom. The standard InChI is InChI=1S/C17H25NO3/c19-9-13-4-2-1-3-12(13)8-18-16(20)14-10-5-6-11(7-10)15(14)17(18)21/h10-13,19-21H,1-9H2/t10-,11+,12-,13-/m0/s1. The highest BCUT2D eigenvalue weighted by molar-refractivity contribution is 5.54. The van der Waals surface area contributed by atoms with Gasteiger partial charge < -0.3 is 15.3 Å². The summed E-state index contributed by atoms with van der Waals surface area (Å²) >= 11 is 0. The molecule has 4 rings (SSSR count). The van der Waals surface area contributed by atoms with Crippen LogP contribution in [0.15, 0.2) is 0 Å². The molecule has 0 amide bonds. The zero-order chi connectivity index (χ0) is 14.6. The van der Waals surface area contributed by atoms with Crippen molar-refractivity contribution in [3.63, 3.8) is 0 Å². The van der Waals surface area contributed by atoms with Gasteiger partial charge in [-0.15, -0.1) is 0 Å². The monoisotopic (exact) mass is 291 g/mol. The highest BCUT2D eigenvalue weighted by Crippen LogP contribution is 2.60. The summed E-state index contributed by atoms with van der Waals surface area (Å²) in [5.41, 5.74) is 2.06. The average Bonchev–Trinajstić information content (AvgIpc) is 3.17. The highest BCUT2D eigenvalue weighted by Gasteiger charge is 2.44. The van der Waals surface area contributed by atoms with Gasteiger partial charge in [0.1, 0.15) is 0 Å². The Hall–Kier alpha value is -1.16. The van der Waals surface area contributed by atoms with Crippen molar-refractivity contribution in [2.24, 2.45) is 11.8 Å². The molecule has 3 aliphatic rings. The first kappa shape index (κ1) is 13.5. The van der Waals surface area contributed by atoms with Crippen molar-refractivity contribution >= 4 is 0 Å². The Morgan fingerprint density at radius 1 is 0.857 bits per heavy atom. The third kappa shape index (κ3) is 1.91. The summed E-state index contributed by atoms with van der Waals surface area (Å²) in [7, 11) is 0. The van der Waals surface area contributed by atoms with E-state index in [9.17, 15) is 15.3 Å². The molecule has 1 heterocycles. The molecule has 0 aliphatic heterocycles. The molecule has 0 saturated heterocycles. The van der Waals surface area contributed by atoms with E-state index < -0.39 is 0 Å². The number of aromatic hydroxyl groups is 2. The second kappa shape index (κ2) is 4.94. The lowest BCUT2D eigenvalue weighted by atomic mass is 9.79. The number of nitrogens with zero attached hydrogens (tertiary/aromatic N) is 1. The normalized spacial score (nSPS) is 34.3. The Morgan fingerprint density at radius 3 is 2.00 bits per heavy atom. The molecule has 4 heteroatoms. The lowest BCUT2D eigenvalue weighted by Crippen LogP contribution is -2.26. The number of rotatable bonds is 3. The van der Waals surface area contributed by atoms with Gasteiger partial charge in [-0.2, -0.15) is 0 Å². The number of aliphatic hydroxyl groups excluding tert-OH is 1. The fourth-order valence-corrected chi connectivity index (χ4v) is 5.12. The van der Waals surface area contributed by atoms with Crippen LogP contribution in [0.25, 0.3) is 0 Å². The van der Waals surface area contributed by atoms with E-state index in [0.29, 0.717) is 42.0 Å². The highest BCUT2D eigenvalue weighted by atomic mass is 16.3. The SMILES string of the molecule is OC[C@@H]1CCCC[C@H]1Cn1c(O)c2c(c1O)[C@H]1CC[C@@H]2C1. The third-order valence-corrected chi connectivity index (χ3v) is 6.25. The Balaban J connectivity index is 1.64. The minimum atomic E-state index is 0.221. The van der Waals surface area contributed by atoms with Gasteiger partial charge in [0.15, 0.2) is 11.8 Å². The number of hydrogen-bond acceptors (Lipinski definition) is 3. The summed E-state index contributed by atoms with van der Waals surface area (Å²) in [5.74, 6) is 2.19. The molecule has 4 atom stereocenters. The van der Waals surface area contributed by atoms with E-state index in [0.717, 1.165) is 43.2 Å². The molecule has 2 saturated carbocycles. The van der Waals surface area contributed by atoms with E-state index in [4.69, 9.17) is 0 Å². The summed E-state index contributed by atoms with van der Waals surface area (Å²) in [6, 6.07) is 0. The molecular weight excluding hydrogens is 266 g/mol. The van der Waals surface area contributed by atoms with Crippen molar-refractivity contribution in [1.82, 2.24) is 4.57 Å². The van der Waals surface area contributed by atoms with Crippen molar-refractivity contribution in [3.05, 3.63) is 11.1 Å². The third-order valence-electron chi connectivity index (χ3n) is 6.25. The maximum absolute atomic E-state index is 10.6. The van der Waals surface area contributed by atoms with Crippen LogP contribution in [0.3, 0.4) is 0 Å². The fourth-order valence-electron chi connectivity index (χ4n) is 5.12. The van der Waals surface area contributed by atoms with Gasteiger partial charge in [-0.05, 0) is 55.8 Å². The van der Waals surface area contributed by atoms with E-state index in [1.54, 1.807) is 4.57 Å². The topological polar surface area (TPSA) is 65.6 Å². The Bertz CT molecular complexity index is 517. The van der Waals surface area contributed by atoms with Gasteiger partial charge in [0.2, 0.25) is 0 Å². The van der Waals surface area contributed by atoms with Crippen LogP contribution in [-0.2, 0) is 6.54 Å². The second-order valence-electron chi connectivity index (χ2n) is 7.28. The van der Waals surface area contributed by atoms with Gasteiger partial charge in [-0.3, -0.25) is 4.57 Å². The van der Waals surface area contributed by atoms with Crippen molar-refractivity contribution in [3.8, 4) is 11.8 Å².